The summed E-state index contributed by atoms with van der Waals surface area (Å²) >= 11 is 0. The zero-order valence-electron chi connectivity index (χ0n) is 25.7. The van der Waals surface area contributed by atoms with Gasteiger partial charge in [-0.3, -0.25) is 0 Å². The minimum Gasteiger partial charge on any atom is -0.459 e. The molecule has 0 aromatic rings. The van der Waals surface area contributed by atoms with Crippen molar-refractivity contribution in [2.24, 2.45) is 28.7 Å². The molecule has 4 heteroatoms. The summed E-state index contributed by atoms with van der Waals surface area (Å²) in [6, 6.07) is 0. The zero-order chi connectivity index (χ0) is 31.1. The number of hydrogen-bond donors (Lipinski definition) is 2. The van der Waals surface area contributed by atoms with Gasteiger partial charge in [-0.25, -0.2) is 0 Å². The van der Waals surface area contributed by atoms with Crippen molar-refractivity contribution in [2.45, 2.75) is 70.6 Å². The smallest absolute Gasteiger partial charge is 0.120 e. The summed E-state index contributed by atoms with van der Waals surface area (Å²) in [7, 11) is 0. The third-order valence-electron chi connectivity index (χ3n) is 8.33. The van der Waals surface area contributed by atoms with Crippen molar-refractivity contribution in [3.05, 3.63) is 147 Å². The van der Waals surface area contributed by atoms with Crippen molar-refractivity contribution in [1.29, 1.82) is 0 Å². The lowest BCUT2D eigenvalue weighted by Gasteiger charge is -2.42. The Balaban J connectivity index is 2.12. The highest BCUT2D eigenvalue weighted by atomic mass is 16.5. The fourth-order valence-corrected chi connectivity index (χ4v) is 5.83. The van der Waals surface area contributed by atoms with E-state index in [1.54, 1.807) is 24.3 Å². The van der Waals surface area contributed by atoms with Crippen LogP contribution in [0.2, 0.25) is 0 Å². The molecule has 0 atom stereocenters. The number of rotatable bonds is 17. The molecule has 42 heavy (non-hydrogen) atoms. The highest BCUT2D eigenvalue weighted by molar-refractivity contribution is 5.42. The Morgan fingerprint density at radius 1 is 0.524 bits per heavy atom. The highest BCUT2D eigenvalue weighted by Crippen LogP contribution is 2.50. The van der Waals surface area contributed by atoms with Crippen LogP contribution in [-0.2, 0) is 9.47 Å². The van der Waals surface area contributed by atoms with Gasteiger partial charge in [0.05, 0.1) is 0 Å². The fraction of sp³-hybridized carbons (Fsp3) is 0.368. The average molecular weight is 569 g/mol. The van der Waals surface area contributed by atoms with Gasteiger partial charge in [0, 0.05) is 16.8 Å². The predicted octanol–water partition coefficient (Wildman–Crippen LogP) is 9.89. The molecule has 2 rings (SSSR count). The SMILES string of the molecule is C=C(N)/C=C\C(=C)OC(=C)/C=C\C(=C)C1(C(=C)/C=C\C(=C)OC(=C)/C=C\C(=C)N)CCC(CCC2CCCCC2)CC1. The van der Waals surface area contributed by atoms with Gasteiger partial charge in [0.15, 0.2) is 0 Å². The quantitative estimate of drug-likeness (QED) is 0.135. The summed E-state index contributed by atoms with van der Waals surface area (Å²) in [5.41, 5.74) is 13.7. The lowest BCUT2D eigenvalue weighted by molar-refractivity contribution is 0.207. The van der Waals surface area contributed by atoms with E-state index >= 15 is 0 Å². The summed E-state index contributed by atoms with van der Waals surface area (Å²) in [5, 5.41) is 0. The molecule has 0 aromatic carbocycles. The standard InChI is InChI=1S/C38H52N2O2/c1-28(14-18-32(5)41-34(7)20-16-30(3)39)38(29(2)15-19-33(6)42-35(8)21-17-31(4)40)26-24-37(25-27-38)23-22-36-12-10-9-11-13-36/h14-21,36-37H,1-13,22-27,39-40H2/b18-14-,19-15-,20-16-,21-17-. The Kier molecular flexibility index (Phi) is 14.0. The molecule has 0 aromatic heterocycles. The third kappa shape index (κ3) is 11.9. The molecule has 0 bridgehead atoms. The second-order valence-electron chi connectivity index (χ2n) is 11.7. The van der Waals surface area contributed by atoms with Crippen molar-refractivity contribution in [1.82, 2.24) is 0 Å². The Labute approximate surface area is 255 Å². The normalized spacial score (nSPS) is 17.9. The van der Waals surface area contributed by atoms with Gasteiger partial charge in [0.2, 0.25) is 0 Å². The molecule has 2 aliphatic carbocycles. The van der Waals surface area contributed by atoms with Crippen LogP contribution in [0.15, 0.2) is 147 Å². The van der Waals surface area contributed by atoms with Crippen LogP contribution in [0, 0.1) is 17.3 Å². The van der Waals surface area contributed by atoms with Gasteiger partial charge in [-0.1, -0.05) is 110 Å². The molecule has 0 heterocycles. The van der Waals surface area contributed by atoms with Crippen LogP contribution in [0.25, 0.3) is 0 Å². The number of ether oxygens (including phenoxy) is 2. The molecule has 2 fully saturated rings. The van der Waals surface area contributed by atoms with E-state index in [1.165, 1.54) is 44.9 Å². The van der Waals surface area contributed by atoms with Crippen LogP contribution in [-0.4, -0.2) is 0 Å². The maximum absolute atomic E-state index is 5.70. The predicted molar refractivity (Wildman–Crippen MR) is 180 cm³/mol. The van der Waals surface area contributed by atoms with Crippen molar-refractivity contribution < 1.29 is 9.47 Å². The van der Waals surface area contributed by atoms with E-state index in [2.05, 4.69) is 52.6 Å². The van der Waals surface area contributed by atoms with E-state index in [4.69, 9.17) is 20.9 Å². The first-order chi connectivity index (χ1) is 19.9. The Morgan fingerprint density at radius 2 is 0.881 bits per heavy atom. The average Bonchev–Trinajstić information content (AvgIpc) is 2.96. The first kappa shape index (κ1) is 34.3. The van der Waals surface area contributed by atoms with Crippen molar-refractivity contribution in [3.63, 3.8) is 0 Å². The largest absolute Gasteiger partial charge is 0.459 e. The molecular formula is C38H52N2O2. The van der Waals surface area contributed by atoms with Crippen LogP contribution in [0.4, 0.5) is 0 Å². The second-order valence-corrected chi connectivity index (χ2v) is 11.7. The van der Waals surface area contributed by atoms with Gasteiger partial charge < -0.3 is 20.9 Å². The maximum Gasteiger partial charge on any atom is 0.120 e. The second kappa shape index (κ2) is 17.1. The van der Waals surface area contributed by atoms with Gasteiger partial charge in [0.25, 0.3) is 0 Å². The number of nitrogens with two attached hydrogens (primary N) is 2. The maximum atomic E-state index is 5.70. The number of allylic oxidation sites excluding steroid dienone is 10. The van der Waals surface area contributed by atoms with Crippen LogP contribution < -0.4 is 11.5 Å². The van der Waals surface area contributed by atoms with Gasteiger partial charge in [-0.15, -0.1) is 0 Å². The van der Waals surface area contributed by atoms with Crippen LogP contribution in [0.3, 0.4) is 0 Å². The molecule has 226 valence electrons. The first-order valence-corrected chi connectivity index (χ1v) is 15.0. The molecule has 0 saturated heterocycles. The van der Waals surface area contributed by atoms with Crippen molar-refractivity contribution in [2.75, 3.05) is 0 Å². The topological polar surface area (TPSA) is 70.5 Å². The van der Waals surface area contributed by atoms with E-state index in [0.29, 0.717) is 34.4 Å². The monoisotopic (exact) mass is 568 g/mol. The minimum absolute atomic E-state index is 0.280. The third-order valence-corrected chi connectivity index (χ3v) is 8.33. The molecule has 2 saturated carbocycles. The van der Waals surface area contributed by atoms with E-state index in [0.717, 1.165) is 48.7 Å². The Bertz CT molecular complexity index is 1100. The summed E-state index contributed by atoms with van der Waals surface area (Å²) in [4.78, 5) is 0. The summed E-state index contributed by atoms with van der Waals surface area (Å²) in [5.74, 6) is 3.42. The number of hydrogen-bond acceptors (Lipinski definition) is 4. The van der Waals surface area contributed by atoms with Crippen LogP contribution in [0.1, 0.15) is 70.6 Å². The molecule has 0 amide bonds. The van der Waals surface area contributed by atoms with Gasteiger partial charge in [-0.05, 0) is 85.1 Å². The van der Waals surface area contributed by atoms with Gasteiger partial charge in [0.1, 0.15) is 23.0 Å². The Hall–Kier alpha value is -3.92. The zero-order valence-corrected chi connectivity index (χ0v) is 25.7. The molecule has 4 nitrogen and oxygen atoms in total. The van der Waals surface area contributed by atoms with E-state index in [-0.39, 0.29) is 5.41 Å². The molecular weight excluding hydrogens is 516 g/mol. The molecule has 0 aliphatic heterocycles. The minimum atomic E-state index is -0.280. The highest BCUT2D eigenvalue weighted by Gasteiger charge is 2.38. The Morgan fingerprint density at radius 3 is 1.26 bits per heavy atom. The first-order valence-electron chi connectivity index (χ1n) is 15.0. The molecule has 0 radical (unpaired) electrons. The van der Waals surface area contributed by atoms with E-state index in [1.807, 2.05) is 24.3 Å². The van der Waals surface area contributed by atoms with Gasteiger partial charge >= 0.3 is 0 Å². The molecule has 4 N–H and O–H groups in total. The molecule has 0 unspecified atom stereocenters. The van der Waals surface area contributed by atoms with E-state index < -0.39 is 0 Å². The van der Waals surface area contributed by atoms with Gasteiger partial charge in [-0.2, -0.15) is 0 Å². The van der Waals surface area contributed by atoms with Crippen molar-refractivity contribution >= 4 is 0 Å². The van der Waals surface area contributed by atoms with E-state index in [9.17, 15) is 0 Å². The lowest BCUT2D eigenvalue weighted by atomic mass is 9.62. The summed E-state index contributed by atoms with van der Waals surface area (Å²) in [6.45, 7) is 32.1. The fourth-order valence-electron chi connectivity index (χ4n) is 5.83. The van der Waals surface area contributed by atoms with Crippen molar-refractivity contribution in [3.8, 4) is 0 Å². The van der Waals surface area contributed by atoms with Crippen LogP contribution >= 0.6 is 0 Å². The molecule has 0 spiro atoms. The summed E-state index contributed by atoms with van der Waals surface area (Å²) in [6.07, 6.45) is 28.2. The lowest BCUT2D eigenvalue weighted by Crippen LogP contribution is -2.30. The molecule has 2 aliphatic rings. The van der Waals surface area contributed by atoms with Crippen LogP contribution in [0.5, 0.6) is 0 Å². The summed E-state index contributed by atoms with van der Waals surface area (Å²) < 4.78 is 11.4.